The van der Waals surface area contributed by atoms with Crippen molar-refractivity contribution in [2.45, 2.75) is 4.90 Å². The summed E-state index contributed by atoms with van der Waals surface area (Å²) >= 11 is 6.01. The first-order valence-corrected chi connectivity index (χ1v) is 12.8. The average molecular weight is 489 g/mol. The van der Waals surface area contributed by atoms with E-state index in [9.17, 15) is 8.42 Å². The van der Waals surface area contributed by atoms with Crippen LogP contribution in [0.1, 0.15) is 0 Å². The van der Waals surface area contributed by atoms with Crippen molar-refractivity contribution in [2.24, 2.45) is 5.92 Å². The first-order chi connectivity index (χ1) is 16.0. The minimum Gasteiger partial charge on any atom is -0.488 e. The Morgan fingerprint density at radius 2 is 1.82 bits per heavy atom. The van der Waals surface area contributed by atoms with Crippen molar-refractivity contribution in [1.82, 2.24) is 9.62 Å². The van der Waals surface area contributed by atoms with Gasteiger partial charge in [-0.3, -0.25) is 4.90 Å². The zero-order chi connectivity index (χ0) is 22.8. The van der Waals surface area contributed by atoms with Crippen molar-refractivity contribution >= 4 is 32.4 Å². The lowest BCUT2D eigenvalue weighted by molar-refractivity contribution is 0.0835. The second-order valence-corrected chi connectivity index (χ2v) is 10.5. The molecule has 9 heteroatoms. The molecule has 1 N–H and O–H groups in total. The summed E-state index contributed by atoms with van der Waals surface area (Å²) in [4.78, 5) is 2.50. The summed E-state index contributed by atoms with van der Waals surface area (Å²) in [7, 11) is -3.56. The van der Waals surface area contributed by atoms with Gasteiger partial charge in [0.05, 0.1) is 4.90 Å². The van der Waals surface area contributed by atoms with E-state index in [1.165, 1.54) is 0 Å². The number of benzene rings is 3. The Balaban J connectivity index is 1.08. The van der Waals surface area contributed by atoms with Crippen LogP contribution in [-0.2, 0) is 10.0 Å². The topological polar surface area (TPSA) is 77.1 Å². The van der Waals surface area contributed by atoms with Gasteiger partial charge in [-0.25, -0.2) is 13.1 Å². The van der Waals surface area contributed by atoms with Gasteiger partial charge < -0.3 is 14.2 Å². The highest BCUT2D eigenvalue weighted by Gasteiger charge is 2.28. The largest absolute Gasteiger partial charge is 0.488 e. The van der Waals surface area contributed by atoms with Crippen LogP contribution in [0.4, 0.5) is 0 Å². The van der Waals surface area contributed by atoms with Gasteiger partial charge in [-0.2, -0.15) is 0 Å². The number of para-hydroxylation sites is 1. The Labute approximate surface area is 198 Å². The molecule has 0 bridgehead atoms. The molecule has 0 amide bonds. The number of nitrogens with one attached hydrogen (secondary N) is 1. The molecule has 7 nitrogen and oxygen atoms in total. The fraction of sp³-hybridized carbons (Fsp3) is 0.333. The fourth-order valence-corrected chi connectivity index (χ4v) is 5.44. The van der Waals surface area contributed by atoms with Gasteiger partial charge in [-0.1, -0.05) is 29.8 Å². The van der Waals surface area contributed by atoms with E-state index in [1.807, 2.05) is 30.3 Å². The standard InChI is InChI=1S/C24H25ClN2O5S/c25-20-6-4-19-13-21(7-5-18(19)12-20)33(28,29)26-14-17-15-27(16-17)8-9-30-22-2-1-3-23-24(22)32-11-10-31-23/h1-7,12-13,17,26H,8-11,14-16H2. The number of nitrogens with zero attached hydrogens (tertiary/aromatic N) is 1. The van der Waals surface area contributed by atoms with Crippen molar-refractivity contribution in [3.05, 3.63) is 59.6 Å². The van der Waals surface area contributed by atoms with E-state index in [-0.39, 0.29) is 10.8 Å². The Bertz CT molecular complexity index is 1260. The predicted octanol–water partition coefficient (Wildman–Crippen LogP) is 3.55. The van der Waals surface area contributed by atoms with Crippen molar-refractivity contribution < 1.29 is 22.6 Å². The Morgan fingerprint density at radius 3 is 2.70 bits per heavy atom. The number of sulfonamides is 1. The predicted molar refractivity (Wildman–Crippen MR) is 127 cm³/mol. The Hall–Kier alpha value is -2.52. The van der Waals surface area contributed by atoms with Gasteiger partial charge in [0.1, 0.15) is 19.8 Å². The number of halogens is 1. The molecule has 0 unspecified atom stereocenters. The number of likely N-dealkylation sites (tertiary alicyclic amines) is 1. The molecule has 0 aliphatic carbocycles. The first kappa shape index (κ1) is 22.3. The molecule has 2 aliphatic rings. The first-order valence-electron chi connectivity index (χ1n) is 10.9. The SMILES string of the molecule is O=S(=O)(NCC1CN(CCOc2cccc3c2OCCO3)C1)c1ccc2cc(Cl)ccc2c1. The van der Waals surface area contributed by atoms with Crippen LogP contribution in [0.2, 0.25) is 5.02 Å². The maximum absolute atomic E-state index is 12.7. The van der Waals surface area contributed by atoms with Gasteiger partial charge in [0.15, 0.2) is 11.5 Å². The van der Waals surface area contributed by atoms with Crippen molar-refractivity contribution in [3.8, 4) is 17.2 Å². The zero-order valence-electron chi connectivity index (χ0n) is 18.0. The summed E-state index contributed by atoms with van der Waals surface area (Å²) in [6, 6.07) is 16.1. The van der Waals surface area contributed by atoms with E-state index in [4.69, 9.17) is 25.8 Å². The molecule has 0 saturated carbocycles. The summed E-state index contributed by atoms with van der Waals surface area (Å²) in [6.45, 7) is 4.43. The summed E-state index contributed by atoms with van der Waals surface area (Å²) in [6.07, 6.45) is 0. The lowest BCUT2D eigenvalue weighted by Gasteiger charge is -2.39. The third-order valence-electron chi connectivity index (χ3n) is 5.87. The number of hydrogen-bond donors (Lipinski definition) is 1. The van der Waals surface area contributed by atoms with Gasteiger partial charge in [0, 0.05) is 31.2 Å². The molecular weight excluding hydrogens is 464 g/mol. The molecule has 3 aromatic rings. The molecule has 5 rings (SSSR count). The molecule has 0 radical (unpaired) electrons. The summed E-state index contributed by atoms with van der Waals surface area (Å²) in [5.74, 6) is 2.34. The monoisotopic (exact) mass is 488 g/mol. The molecule has 3 aromatic carbocycles. The van der Waals surface area contributed by atoms with E-state index >= 15 is 0 Å². The lowest BCUT2D eigenvalue weighted by atomic mass is 10.0. The molecule has 1 saturated heterocycles. The Kier molecular flexibility index (Phi) is 6.34. The second kappa shape index (κ2) is 9.38. The third-order valence-corrected chi connectivity index (χ3v) is 7.53. The fourth-order valence-electron chi connectivity index (χ4n) is 4.11. The lowest BCUT2D eigenvalue weighted by Crippen LogP contribution is -2.52. The summed E-state index contributed by atoms with van der Waals surface area (Å²) in [5.41, 5.74) is 0. The molecule has 0 spiro atoms. The van der Waals surface area contributed by atoms with Crippen LogP contribution in [0.5, 0.6) is 17.2 Å². The average Bonchev–Trinajstić information content (AvgIpc) is 2.79. The highest BCUT2D eigenvalue weighted by atomic mass is 35.5. The minimum absolute atomic E-state index is 0.263. The maximum Gasteiger partial charge on any atom is 0.240 e. The van der Waals surface area contributed by atoms with Crippen molar-refractivity contribution in [3.63, 3.8) is 0 Å². The van der Waals surface area contributed by atoms with Crippen LogP contribution in [0.25, 0.3) is 10.8 Å². The molecule has 2 heterocycles. The van der Waals surface area contributed by atoms with Gasteiger partial charge in [0.2, 0.25) is 15.8 Å². The molecule has 0 atom stereocenters. The van der Waals surface area contributed by atoms with Crippen LogP contribution in [0.15, 0.2) is 59.5 Å². The van der Waals surface area contributed by atoms with Crippen LogP contribution < -0.4 is 18.9 Å². The van der Waals surface area contributed by atoms with E-state index < -0.39 is 10.0 Å². The van der Waals surface area contributed by atoms with Crippen LogP contribution in [0.3, 0.4) is 0 Å². The number of hydrogen-bond acceptors (Lipinski definition) is 6. The second-order valence-electron chi connectivity index (χ2n) is 8.26. The molecule has 174 valence electrons. The van der Waals surface area contributed by atoms with Gasteiger partial charge in [0.25, 0.3) is 0 Å². The quantitative estimate of drug-likeness (QED) is 0.522. The van der Waals surface area contributed by atoms with E-state index in [0.717, 1.165) is 30.4 Å². The highest BCUT2D eigenvalue weighted by Crippen LogP contribution is 2.38. The highest BCUT2D eigenvalue weighted by molar-refractivity contribution is 7.89. The smallest absolute Gasteiger partial charge is 0.240 e. The van der Waals surface area contributed by atoms with Gasteiger partial charge in [-0.15, -0.1) is 0 Å². The molecule has 2 aliphatic heterocycles. The van der Waals surface area contributed by atoms with Crippen LogP contribution in [0, 0.1) is 5.92 Å². The minimum atomic E-state index is -3.56. The zero-order valence-corrected chi connectivity index (χ0v) is 19.6. The van der Waals surface area contributed by atoms with Crippen LogP contribution in [-0.4, -0.2) is 59.3 Å². The summed E-state index contributed by atoms with van der Waals surface area (Å²) in [5, 5.41) is 2.38. The van der Waals surface area contributed by atoms with E-state index in [2.05, 4.69) is 9.62 Å². The molecule has 33 heavy (non-hydrogen) atoms. The third kappa shape index (κ3) is 5.04. The van der Waals surface area contributed by atoms with Crippen molar-refractivity contribution in [2.75, 3.05) is 46.0 Å². The summed E-state index contributed by atoms with van der Waals surface area (Å²) < 4.78 is 45.3. The molecule has 1 fully saturated rings. The van der Waals surface area contributed by atoms with Gasteiger partial charge >= 0.3 is 0 Å². The van der Waals surface area contributed by atoms with E-state index in [1.54, 1.807) is 24.3 Å². The van der Waals surface area contributed by atoms with E-state index in [0.29, 0.717) is 48.6 Å². The number of fused-ring (bicyclic) bond motifs is 2. The molecular formula is C24H25ClN2O5S. The Morgan fingerprint density at radius 1 is 1.03 bits per heavy atom. The normalized spacial score (nSPS) is 16.5. The molecule has 0 aromatic heterocycles. The van der Waals surface area contributed by atoms with Crippen molar-refractivity contribution in [1.29, 1.82) is 0 Å². The van der Waals surface area contributed by atoms with Crippen LogP contribution >= 0.6 is 11.6 Å². The number of rotatable bonds is 8. The number of ether oxygens (including phenoxy) is 3. The van der Waals surface area contributed by atoms with Gasteiger partial charge in [-0.05, 0) is 53.1 Å². The maximum atomic E-state index is 12.7.